The highest BCUT2D eigenvalue weighted by Gasteiger charge is 2.27. The zero-order chi connectivity index (χ0) is 25.7. The first-order chi connectivity index (χ1) is 17.4. The van der Waals surface area contributed by atoms with Crippen molar-refractivity contribution in [2.45, 2.75) is 64.8 Å². The molecule has 8 nitrogen and oxygen atoms in total. The molecule has 1 N–H and O–H groups in total. The van der Waals surface area contributed by atoms with E-state index in [0.29, 0.717) is 45.5 Å². The van der Waals surface area contributed by atoms with Gasteiger partial charge in [-0.1, -0.05) is 23.4 Å². The zero-order valence-corrected chi connectivity index (χ0v) is 22.9. The monoisotopic (exact) mass is 548 g/mol. The lowest BCUT2D eigenvalue weighted by molar-refractivity contribution is -0.113. The molecule has 4 rings (SSSR count). The molecule has 2 heterocycles. The van der Waals surface area contributed by atoms with Gasteiger partial charge in [-0.3, -0.25) is 4.79 Å². The Kier molecular flexibility index (Phi) is 8.92. The minimum atomic E-state index is -0.369. The molecule has 0 saturated heterocycles. The molecular formula is C25H29ClN4O4S2. The highest BCUT2D eigenvalue weighted by Crippen LogP contribution is 2.38. The van der Waals surface area contributed by atoms with Gasteiger partial charge in [0.2, 0.25) is 5.91 Å². The second kappa shape index (κ2) is 12.1. The summed E-state index contributed by atoms with van der Waals surface area (Å²) in [5.41, 5.74) is 2.48. The van der Waals surface area contributed by atoms with E-state index in [2.05, 4.69) is 15.5 Å². The third-order valence-electron chi connectivity index (χ3n) is 5.84. The number of nitrogens with zero attached hydrogens (tertiary/aromatic N) is 3. The topological polar surface area (TPSA) is 95.3 Å². The van der Waals surface area contributed by atoms with Crippen molar-refractivity contribution in [1.29, 1.82) is 0 Å². The SMILES string of the molecule is CCOC(=O)c1c(NC(=O)CSc2nnc(COc3ccc(Cl)c(C)c3)n2CC)sc2c1CCCC2. The van der Waals surface area contributed by atoms with Crippen molar-refractivity contribution in [3.05, 3.63) is 50.6 Å². The fourth-order valence-corrected chi connectivity index (χ4v) is 6.30. The number of aromatic nitrogens is 3. The lowest BCUT2D eigenvalue weighted by atomic mass is 9.95. The van der Waals surface area contributed by atoms with E-state index in [4.69, 9.17) is 21.1 Å². The summed E-state index contributed by atoms with van der Waals surface area (Å²) in [5.74, 6) is 0.936. The Bertz CT molecular complexity index is 1260. The third-order valence-corrected chi connectivity index (χ3v) is 8.44. The lowest BCUT2D eigenvalue weighted by Crippen LogP contribution is -2.17. The lowest BCUT2D eigenvalue weighted by Gasteiger charge is -2.12. The zero-order valence-electron chi connectivity index (χ0n) is 20.6. The van der Waals surface area contributed by atoms with Crippen LogP contribution in [-0.4, -0.2) is 39.0 Å². The van der Waals surface area contributed by atoms with Crippen molar-refractivity contribution in [3.63, 3.8) is 0 Å². The average molecular weight is 549 g/mol. The first kappa shape index (κ1) is 26.5. The van der Waals surface area contributed by atoms with Crippen LogP contribution < -0.4 is 10.1 Å². The highest BCUT2D eigenvalue weighted by molar-refractivity contribution is 7.99. The Hall–Kier alpha value is -2.56. The van der Waals surface area contributed by atoms with Gasteiger partial charge in [-0.2, -0.15) is 0 Å². The molecule has 0 fully saturated rings. The summed E-state index contributed by atoms with van der Waals surface area (Å²) in [6.07, 6.45) is 3.90. The van der Waals surface area contributed by atoms with Crippen molar-refractivity contribution in [2.24, 2.45) is 0 Å². The number of benzene rings is 1. The van der Waals surface area contributed by atoms with E-state index < -0.39 is 0 Å². The van der Waals surface area contributed by atoms with Crippen LogP contribution in [-0.2, 0) is 35.5 Å². The molecule has 0 spiro atoms. The van der Waals surface area contributed by atoms with E-state index >= 15 is 0 Å². The van der Waals surface area contributed by atoms with Gasteiger partial charge in [0.25, 0.3) is 0 Å². The van der Waals surface area contributed by atoms with Gasteiger partial charge in [-0.25, -0.2) is 4.79 Å². The van der Waals surface area contributed by atoms with Gasteiger partial charge in [0.05, 0.1) is 17.9 Å². The number of amides is 1. The summed E-state index contributed by atoms with van der Waals surface area (Å²) in [7, 11) is 0. The van der Waals surface area contributed by atoms with Gasteiger partial charge in [0, 0.05) is 16.4 Å². The van der Waals surface area contributed by atoms with Gasteiger partial charge in [0.1, 0.15) is 17.4 Å². The maximum atomic E-state index is 12.8. The number of hydrogen-bond donors (Lipinski definition) is 1. The summed E-state index contributed by atoms with van der Waals surface area (Å²) >= 11 is 8.87. The van der Waals surface area contributed by atoms with Crippen molar-refractivity contribution in [1.82, 2.24) is 14.8 Å². The number of anilines is 1. The molecule has 36 heavy (non-hydrogen) atoms. The van der Waals surface area contributed by atoms with E-state index in [9.17, 15) is 9.59 Å². The molecule has 11 heteroatoms. The largest absolute Gasteiger partial charge is 0.486 e. The molecule has 3 aromatic rings. The van der Waals surface area contributed by atoms with Crippen LogP contribution in [0.2, 0.25) is 5.02 Å². The summed E-state index contributed by atoms with van der Waals surface area (Å²) in [6.45, 7) is 6.88. The van der Waals surface area contributed by atoms with E-state index in [1.807, 2.05) is 30.5 Å². The van der Waals surface area contributed by atoms with Gasteiger partial charge < -0.3 is 19.4 Å². The predicted molar refractivity (Wildman–Crippen MR) is 142 cm³/mol. The summed E-state index contributed by atoms with van der Waals surface area (Å²) < 4.78 is 13.1. The number of ether oxygens (including phenoxy) is 2. The highest BCUT2D eigenvalue weighted by atomic mass is 35.5. The number of fused-ring (bicyclic) bond motifs is 1. The number of carbonyl (C=O) groups is 2. The maximum Gasteiger partial charge on any atom is 0.341 e. The molecule has 1 aliphatic carbocycles. The molecule has 0 unspecified atom stereocenters. The third kappa shape index (κ3) is 6.04. The van der Waals surface area contributed by atoms with Gasteiger partial charge in [0.15, 0.2) is 11.0 Å². The van der Waals surface area contributed by atoms with E-state index in [1.54, 1.807) is 13.0 Å². The standard InChI is InChI=1S/C25H29ClN4O4S2/c1-4-30-20(13-34-16-10-11-18(26)15(3)12-16)28-29-25(30)35-14-21(31)27-23-22(24(32)33-5-2)17-8-6-7-9-19(17)36-23/h10-12H,4-9,13-14H2,1-3H3,(H,27,31). The number of aryl methyl sites for hydroxylation is 2. The van der Waals surface area contributed by atoms with Crippen LogP contribution in [0.5, 0.6) is 5.75 Å². The number of hydrogen-bond acceptors (Lipinski definition) is 8. The fourth-order valence-electron chi connectivity index (χ4n) is 4.07. The van der Waals surface area contributed by atoms with Gasteiger partial charge in [-0.05, 0) is 75.8 Å². The fraction of sp³-hybridized carbons (Fsp3) is 0.440. The molecule has 1 amide bonds. The maximum absolute atomic E-state index is 12.8. The number of carbonyl (C=O) groups excluding carboxylic acids is 2. The Morgan fingerprint density at radius 2 is 2.03 bits per heavy atom. The Morgan fingerprint density at radius 3 is 2.78 bits per heavy atom. The second-order valence-electron chi connectivity index (χ2n) is 8.32. The molecule has 0 aliphatic heterocycles. The normalized spacial score (nSPS) is 12.8. The smallest absolute Gasteiger partial charge is 0.341 e. The second-order valence-corrected chi connectivity index (χ2v) is 10.8. The van der Waals surface area contributed by atoms with Crippen LogP contribution in [0, 0.1) is 6.92 Å². The Morgan fingerprint density at radius 1 is 1.22 bits per heavy atom. The van der Waals surface area contributed by atoms with Crippen LogP contribution in [0.25, 0.3) is 0 Å². The summed E-state index contributed by atoms with van der Waals surface area (Å²) in [5, 5.41) is 13.4. The van der Waals surface area contributed by atoms with Crippen LogP contribution in [0.4, 0.5) is 5.00 Å². The van der Waals surface area contributed by atoms with Gasteiger partial charge in [-0.15, -0.1) is 21.5 Å². The first-order valence-corrected chi connectivity index (χ1v) is 14.1. The molecule has 192 valence electrons. The molecule has 2 aromatic heterocycles. The van der Waals surface area contributed by atoms with Crippen LogP contribution in [0.15, 0.2) is 23.4 Å². The number of thioether (sulfide) groups is 1. The van der Waals surface area contributed by atoms with Crippen molar-refractivity contribution >= 4 is 51.6 Å². The Balaban J connectivity index is 1.40. The van der Waals surface area contributed by atoms with Crippen LogP contribution >= 0.6 is 34.7 Å². The predicted octanol–water partition coefficient (Wildman–Crippen LogP) is 5.69. The van der Waals surface area contributed by atoms with Crippen LogP contribution in [0.1, 0.15) is 58.9 Å². The van der Waals surface area contributed by atoms with Crippen molar-refractivity contribution < 1.29 is 19.1 Å². The van der Waals surface area contributed by atoms with E-state index in [1.165, 1.54) is 28.0 Å². The Labute approximate surface area is 223 Å². The van der Waals surface area contributed by atoms with E-state index in [0.717, 1.165) is 36.8 Å². The molecule has 0 saturated carbocycles. The van der Waals surface area contributed by atoms with Crippen molar-refractivity contribution in [3.8, 4) is 5.75 Å². The minimum Gasteiger partial charge on any atom is -0.486 e. The summed E-state index contributed by atoms with van der Waals surface area (Å²) in [6, 6.07) is 5.49. The number of nitrogens with one attached hydrogen (secondary N) is 1. The minimum absolute atomic E-state index is 0.139. The van der Waals surface area contributed by atoms with Crippen LogP contribution in [0.3, 0.4) is 0 Å². The number of halogens is 1. The molecule has 0 bridgehead atoms. The number of thiophene rings is 1. The number of rotatable bonds is 10. The molecule has 0 atom stereocenters. The first-order valence-electron chi connectivity index (χ1n) is 12.0. The average Bonchev–Trinajstić information content (AvgIpc) is 3.43. The molecule has 1 aromatic carbocycles. The van der Waals surface area contributed by atoms with E-state index in [-0.39, 0.29) is 24.2 Å². The molecular weight excluding hydrogens is 520 g/mol. The molecule has 0 radical (unpaired) electrons. The number of esters is 1. The molecule has 1 aliphatic rings. The van der Waals surface area contributed by atoms with Crippen molar-refractivity contribution in [2.75, 3.05) is 17.7 Å². The summed E-state index contributed by atoms with van der Waals surface area (Å²) in [4.78, 5) is 26.6. The van der Waals surface area contributed by atoms with Gasteiger partial charge >= 0.3 is 5.97 Å². The quantitative estimate of drug-likeness (QED) is 0.257.